The van der Waals surface area contributed by atoms with Crippen LogP contribution in [0.2, 0.25) is 0 Å². The number of aliphatic hydroxyl groups excluding tert-OH is 3. The Bertz CT molecular complexity index is 518. The molecule has 0 bridgehead atoms. The van der Waals surface area contributed by atoms with Gasteiger partial charge in [-0.05, 0) is 6.92 Å². The molecule has 106 valence electrons. The van der Waals surface area contributed by atoms with E-state index in [1.807, 2.05) is 0 Å². The maximum atomic E-state index is 11.9. The Morgan fingerprint density at radius 2 is 2.16 bits per heavy atom. The summed E-state index contributed by atoms with van der Waals surface area (Å²) in [4.78, 5) is 15.7. The molecule has 2 rings (SSSR count). The van der Waals surface area contributed by atoms with Gasteiger partial charge in [0.25, 0.3) is 0 Å². The van der Waals surface area contributed by atoms with Gasteiger partial charge in [0.15, 0.2) is 6.23 Å². The SMILES string of the molecule is CNc1nc(=O)n(C2O[C@H](CO)[C@@H](O)[C@H]2O)cc1C. The number of hydrogen-bond acceptors (Lipinski definition) is 7. The highest BCUT2D eigenvalue weighted by Gasteiger charge is 2.43. The Kier molecular flexibility index (Phi) is 3.85. The Morgan fingerprint density at radius 1 is 1.47 bits per heavy atom. The lowest BCUT2D eigenvalue weighted by Crippen LogP contribution is -2.36. The second kappa shape index (κ2) is 5.25. The van der Waals surface area contributed by atoms with Gasteiger partial charge in [0.05, 0.1) is 6.61 Å². The summed E-state index contributed by atoms with van der Waals surface area (Å²) in [6.45, 7) is 1.31. The van der Waals surface area contributed by atoms with E-state index < -0.39 is 36.8 Å². The molecule has 1 aromatic rings. The Balaban J connectivity index is 2.38. The normalized spacial score (nSPS) is 30.6. The van der Waals surface area contributed by atoms with E-state index in [-0.39, 0.29) is 0 Å². The van der Waals surface area contributed by atoms with E-state index in [9.17, 15) is 15.0 Å². The molecule has 4 N–H and O–H groups in total. The maximum absolute atomic E-state index is 11.9. The first-order valence-electron chi connectivity index (χ1n) is 5.89. The van der Waals surface area contributed by atoms with E-state index >= 15 is 0 Å². The van der Waals surface area contributed by atoms with Crippen LogP contribution in [0.15, 0.2) is 11.0 Å². The summed E-state index contributed by atoms with van der Waals surface area (Å²) < 4.78 is 6.39. The van der Waals surface area contributed by atoms with Gasteiger partial charge in [-0.25, -0.2) is 4.79 Å². The van der Waals surface area contributed by atoms with Crippen LogP contribution in [0.5, 0.6) is 0 Å². The van der Waals surface area contributed by atoms with Crippen molar-refractivity contribution in [2.24, 2.45) is 0 Å². The van der Waals surface area contributed by atoms with Gasteiger partial charge in [-0.2, -0.15) is 4.98 Å². The summed E-state index contributed by atoms with van der Waals surface area (Å²) in [5, 5.41) is 31.3. The van der Waals surface area contributed by atoms with Crippen molar-refractivity contribution in [1.82, 2.24) is 9.55 Å². The Labute approximate surface area is 109 Å². The molecule has 0 aliphatic carbocycles. The first-order valence-corrected chi connectivity index (χ1v) is 5.89. The summed E-state index contributed by atoms with van der Waals surface area (Å²) >= 11 is 0. The van der Waals surface area contributed by atoms with E-state index in [1.54, 1.807) is 14.0 Å². The lowest BCUT2D eigenvalue weighted by molar-refractivity contribution is -0.0550. The number of ether oxygens (including phenoxy) is 1. The largest absolute Gasteiger partial charge is 0.394 e. The molecule has 0 amide bonds. The second-order valence-corrected chi connectivity index (χ2v) is 4.44. The smallest absolute Gasteiger partial charge is 0.351 e. The maximum Gasteiger partial charge on any atom is 0.351 e. The van der Waals surface area contributed by atoms with Crippen LogP contribution in [0.4, 0.5) is 5.82 Å². The first-order chi connectivity index (χ1) is 8.99. The predicted octanol–water partition coefficient (Wildman–Crippen LogP) is -1.80. The molecule has 8 heteroatoms. The first kappa shape index (κ1) is 13.9. The van der Waals surface area contributed by atoms with Gasteiger partial charge in [0, 0.05) is 18.8 Å². The van der Waals surface area contributed by atoms with Crippen molar-refractivity contribution in [3.63, 3.8) is 0 Å². The fraction of sp³-hybridized carbons (Fsp3) is 0.636. The number of aliphatic hydroxyl groups is 3. The Morgan fingerprint density at radius 3 is 2.68 bits per heavy atom. The Hall–Kier alpha value is -1.48. The average Bonchev–Trinajstić information content (AvgIpc) is 2.68. The molecule has 1 aromatic heterocycles. The van der Waals surface area contributed by atoms with Gasteiger partial charge in [0.2, 0.25) is 0 Å². The third-order valence-electron chi connectivity index (χ3n) is 3.16. The van der Waals surface area contributed by atoms with Crippen LogP contribution in [-0.2, 0) is 4.74 Å². The van der Waals surface area contributed by atoms with Gasteiger partial charge in [-0.1, -0.05) is 0 Å². The molecule has 1 saturated heterocycles. The summed E-state index contributed by atoms with van der Waals surface area (Å²) in [5.74, 6) is 0.438. The molecule has 1 aliphatic rings. The molecule has 19 heavy (non-hydrogen) atoms. The van der Waals surface area contributed by atoms with Crippen LogP contribution < -0.4 is 11.0 Å². The number of nitrogens with zero attached hydrogens (tertiary/aromatic N) is 2. The summed E-state index contributed by atoms with van der Waals surface area (Å²) in [6.07, 6.45) is -3.03. The lowest BCUT2D eigenvalue weighted by atomic mass is 10.1. The van der Waals surface area contributed by atoms with Crippen molar-refractivity contribution in [2.75, 3.05) is 19.0 Å². The van der Waals surface area contributed by atoms with Crippen LogP contribution in [0.1, 0.15) is 11.8 Å². The summed E-state index contributed by atoms with van der Waals surface area (Å²) in [6, 6.07) is 0. The molecule has 4 atom stereocenters. The summed E-state index contributed by atoms with van der Waals surface area (Å²) in [7, 11) is 1.64. The molecular formula is C11H17N3O5. The van der Waals surface area contributed by atoms with Crippen LogP contribution in [0, 0.1) is 6.92 Å². The molecule has 0 saturated carbocycles. The van der Waals surface area contributed by atoms with E-state index in [4.69, 9.17) is 9.84 Å². The zero-order chi connectivity index (χ0) is 14.2. The minimum Gasteiger partial charge on any atom is -0.394 e. The van der Waals surface area contributed by atoms with Crippen molar-refractivity contribution in [3.05, 3.63) is 22.2 Å². The van der Waals surface area contributed by atoms with Crippen LogP contribution in [0.25, 0.3) is 0 Å². The topological polar surface area (TPSA) is 117 Å². The standard InChI is InChI=1S/C11H17N3O5/c1-5-3-14(11(18)13-9(5)12-2)10-8(17)7(16)6(4-15)19-10/h3,6-8,10,15-17H,4H2,1-2H3,(H,12,13,18)/t6-,7-,8-,10?/m1/s1. The fourth-order valence-electron chi connectivity index (χ4n) is 2.11. The zero-order valence-corrected chi connectivity index (χ0v) is 10.6. The average molecular weight is 271 g/mol. The number of aromatic nitrogens is 2. The van der Waals surface area contributed by atoms with Gasteiger partial charge >= 0.3 is 5.69 Å². The van der Waals surface area contributed by atoms with Gasteiger partial charge < -0.3 is 25.4 Å². The fourth-order valence-corrected chi connectivity index (χ4v) is 2.11. The minimum absolute atomic E-state index is 0.438. The highest BCUT2D eigenvalue weighted by atomic mass is 16.6. The molecule has 0 aromatic carbocycles. The van der Waals surface area contributed by atoms with Crippen LogP contribution >= 0.6 is 0 Å². The number of rotatable bonds is 3. The number of nitrogens with one attached hydrogen (secondary N) is 1. The quantitative estimate of drug-likeness (QED) is 0.512. The van der Waals surface area contributed by atoms with Crippen molar-refractivity contribution in [1.29, 1.82) is 0 Å². The molecular weight excluding hydrogens is 254 g/mol. The van der Waals surface area contributed by atoms with Crippen LogP contribution in [0.3, 0.4) is 0 Å². The third-order valence-corrected chi connectivity index (χ3v) is 3.16. The second-order valence-electron chi connectivity index (χ2n) is 4.44. The van der Waals surface area contributed by atoms with Gasteiger partial charge in [-0.15, -0.1) is 0 Å². The molecule has 8 nitrogen and oxygen atoms in total. The molecule has 0 spiro atoms. The molecule has 1 aliphatic heterocycles. The molecule has 1 fully saturated rings. The zero-order valence-electron chi connectivity index (χ0n) is 10.6. The third kappa shape index (κ3) is 2.35. The molecule has 2 heterocycles. The molecule has 1 unspecified atom stereocenters. The van der Waals surface area contributed by atoms with Crippen LogP contribution in [-0.4, -0.2) is 56.8 Å². The van der Waals surface area contributed by atoms with Crippen molar-refractivity contribution < 1.29 is 20.1 Å². The monoisotopic (exact) mass is 271 g/mol. The van der Waals surface area contributed by atoms with Gasteiger partial charge in [-0.3, -0.25) is 4.57 Å². The van der Waals surface area contributed by atoms with E-state index in [1.165, 1.54) is 6.20 Å². The van der Waals surface area contributed by atoms with Gasteiger partial charge in [0.1, 0.15) is 24.1 Å². The summed E-state index contributed by atoms with van der Waals surface area (Å²) in [5.41, 5.74) is 0.0876. The highest BCUT2D eigenvalue weighted by molar-refractivity contribution is 5.40. The van der Waals surface area contributed by atoms with E-state index in [2.05, 4.69) is 10.3 Å². The number of anilines is 1. The highest BCUT2D eigenvalue weighted by Crippen LogP contribution is 2.28. The number of hydrogen-bond donors (Lipinski definition) is 4. The van der Waals surface area contributed by atoms with Crippen molar-refractivity contribution >= 4 is 5.82 Å². The van der Waals surface area contributed by atoms with E-state index in [0.717, 1.165) is 4.57 Å². The van der Waals surface area contributed by atoms with E-state index in [0.29, 0.717) is 11.4 Å². The molecule has 0 radical (unpaired) electrons. The number of aryl methyl sites for hydroxylation is 1. The lowest BCUT2D eigenvalue weighted by Gasteiger charge is -2.18. The van der Waals surface area contributed by atoms with Crippen molar-refractivity contribution in [2.45, 2.75) is 31.5 Å². The predicted molar refractivity (Wildman–Crippen MR) is 65.8 cm³/mol. The van der Waals surface area contributed by atoms with Crippen molar-refractivity contribution in [3.8, 4) is 0 Å². The minimum atomic E-state index is -1.29.